The van der Waals surface area contributed by atoms with Crippen LogP contribution >= 0.6 is 11.3 Å². The Labute approximate surface area is 105 Å². The predicted molar refractivity (Wildman–Crippen MR) is 71.3 cm³/mol. The van der Waals surface area contributed by atoms with Gasteiger partial charge in [-0.3, -0.25) is 9.97 Å². The molecule has 0 aliphatic rings. The second-order valence-electron chi connectivity index (χ2n) is 4.90. The van der Waals surface area contributed by atoms with Gasteiger partial charge in [-0.2, -0.15) is 0 Å². The molecular formula is C12H16N4S. The molecule has 17 heavy (non-hydrogen) atoms. The maximum Gasteiger partial charge on any atom is 0.183 e. The van der Waals surface area contributed by atoms with E-state index in [4.69, 9.17) is 0 Å². The quantitative estimate of drug-likeness (QED) is 0.887. The fourth-order valence-corrected chi connectivity index (χ4v) is 2.32. The molecule has 0 aliphatic heterocycles. The van der Waals surface area contributed by atoms with Crippen LogP contribution in [0.4, 0.5) is 5.13 Å². The Morgan fingerprint density at radius 3 is 2.53 bits per heavy atom. The van der Waals surface area contributed by atoms with Crippen LogP contribution in [0.3, 0.4) is 0 Å². The molecule has 0 aliphatic carbocycles. The van der Waals surface area contributed by atoms with E-state index in [1.165, 1.54) is 0 Å². The maximum absolute atomic E-state index is 4.53. The average Bonchev–Trinajstić information content (AvgIpc) is 2.64. The topological polar surface area (TPSA) is 50.7 Å². The third-order valence-corrected chi connectivity index (χ3v) is 2.87. The van der Waals surface area contributed by atoms with Crippen LogP contribution in [-0.4, -0.2) is 20.5 Å². The van der Waals surface area contributed by atoms with E-state index in [0.717, 1.165) is 22.2 Å². The van der Waals surface area contributed by atoms with Crippen LogP contribution in [0.1, 0.15) is 26.5 Å². The molecule has 0 aromatic carbocycles. The molecular weight excluding hydrogens is 232 g/mol. The zero-order chi connectivity index (χ0) is 12.5. The predicted octanol–water partition coefficient (Wildman–Crippen LogP) is 3.12. The summed E-state index contributed by atoms with van der Waals surface area (Å²) in [5, 5.41) is 6.27. The van der Waals surface area contributed by atoms with E-state index in [1.807, 2.05) is 12.3 Å². The molecule has 2 aromatic heterocycles. The van der Waals surface area contributed by atoms with Crippen LogP contribution < -0.4 is 5.32 Å². The largest absolute Gasteiger partial charge is 0.357 e. The Kier molecular flexibility index (Phi) is 3.11. The van der Waals surface area contributed by atoms with Crippen molar-refractivity contribution in [2.75, 3.05) is 5.32 Å². The molecule has 2 heterocycles. The highest BCUT2D eigenvalue weighted by molar-refractivity contribution is 7.14. The minimum absolute atomic E-state index is 0.0204. The monoisotopic (exact) mass is 248 g/mol. The lowest BCUT2D eigenvalue weighted by Gasteiger charge is -2.19. The summed E-state index contributed by atoms with van der Waals surface area (Å²) in [5.74, 6) is 0. The Morgan fingerprint density at radius 2 is 1.88 bits per heavy atom. The smallest absolute Gasteiger partial charge is 0.183 e. The van der Waals surface area contributed by atoms with E-state index in [1.54, 1.807) is 23.7 Å². The van der Waals surface area contributed by atoms with E-state index in [2.05, 4.69) is 41.0 Å². The molecule has 0 atom stereocenters. The normalized spacial score (nSPS) is 11.5. The van der Waals surface area contributed by atoms with Crippen molar-refractivity contribution >= 4 is 16.5 Å². The van der Waals surface area contributed by atoms with Crippen molar-refractivity contribution in [2.24, 2.45) is 0 Å². The molecule has 0 saturated heterocycles. The van der Waals surface area contributed by atoms with Gasteiger partial charge in [0, 0.05) is 23.3 Å². The number of hydrogen-bond acceptors (Lipinski definition) is 5. The highest BCUT2D eigenvalue weighted by Crippen LogP contribution is 2.26. The SMILES string of the molecule is Cc1nccnc1-c1csc(NC(C)(C)C)n1. The molecule has 0 radical (unpaired) electrons. The summed E-state index contributed by atoms with van der Waals surface area (Å²) < 4.78 is 0. The molecule has 0 bridgehead atoms. The van der Waals surface area contributed by atoms with Crippen molar-refractivity contribution in [3.8, 4) is 11.4 Å². The Morgan fingerprint density at radius 1 is 1.18 bits per heavy atom. The van der Waals surface area contributed by atoms with Crippen LogP contribution in [0, 0.1) is 6.92 Å². The van der Waals surface area contributed by atoms with Crippen LogP contribution in [0.25, 0.3) is 11.4 Å². The fraction of sp³-hybridized carbons (Fsp3) is 0.417. The molecule has 4 nitrogen and oxygen atoms in total. The summed E-state index contributed by atoms with van der Waals surface area (Å²) in [6.45, 7) is 8.28. The highest BCUT2D eigenvalue weighted by Gasteiger charge is 2.14. The molecule has 0 unspecified atom stereocenters. The van der Waals surface area contributed by atoms with E-state index in [0.29, 0.717) is 0 Å². The van der Waals surface area contributed by atoms with Gasteiger partial charge >= 0.3 is 0 Å². The van der Waals surface area contributed by atoms with Gasteiger partial charge in [0.2, 0.25) is 0 Å². The maximum atomic E-state index is 4.53. The van der Waals surface area contributed by atoms with Crippen LogP contribution in [0.15, 0.2) is 17.8 Å². The number of aryl methyl sites for hydroxylation is 1. The Balaban J connectivity index is 2.28. The second kappa shape index (κ2) is 4.41. The summed E-state index contributed by atoms with van der Waals surface area (Å²) in [6, 6.07) is 0. The molecule has 0 amide bonds. The van der Waals surface area contributed by atoms with Crippen molar-refractivity contribution in [2.45, 2.75) is 33.2 Å². The third kappa shape index (κ3) is 3.00. The van der Waals surface area contributed by atoms with Gasteiger partial charge in [-0.1, -0.05) is 0 Å². The molecule has 2 rings (SSSR count). The van der Waals surface area contributed by atoms with Crippen LogP contribution in [0.5, 0.6) is 0 Å². The summed E-state index contributed by atoms with van der Waals surface area (Å²) in [6.07, 6.45) is 3.39. The van der Waals surface area contributed by atoms with Gasteiger partial charge < -0.3 is 5.32 Å². The van der Waals surface area contributed by atoms with Gasteiger partial charge in [0.1, 0.15) is 11.4 Å². The van der Waals surface area contributed by atoms with Gasteiger partial charge in [0.15, 0.2) is 5.13 Å². The number of rotatable bonds is 2. The number of nitrogens with zero attached hydrogens (tertiary/aromatic N) is 3. The molecule has 0 saturated carbocycles. The highest BCUT2D eigenvalue weighted by atomic mass is 32.1. The van der Waals surface area contributed by atoms with E-state index < -0.39 is 0 Å². The van der Waals surface area contributed by atoms with Gasteiger partial charge in [-0.25, -0.2) is 4.98 Å². The Hall–Kier alpha value is -1.49. The molecule has 0 fully saturated rings. The fourth-order valence-electron chi connectivity index (χ4n) is 1.42. The van der Waals surface area contributed by atoms with Crippen molar-refractivity contribution < 1.29 is 0 Å². The molecule has 2 aromatic rings. The number of nitrogens with one attached hydrogen (secondary N) is 1. The first-order valence-corrected chi connectivity index (χ1v) is 6.35. The molecule has 5 heteroatoms. The van der Waals surface area contributed by atoms with Crippen molar-refractivity contribution in [3.05, 3.63) is 23.5 Å². The van der Waals surface area contributed by atoms with Crippen molar-refractivity contribution in [3.63, 3.8) is 0 Å². The number of thiazole rings is 1. The minimum atomic E-state index is 0.0204. The molecule has 90 valence electrons. The molecule has 1 N–H and O–H groups in total. The lowest BCUT2D eigenvalue weighted by Crippen LogP contribution is -2.25. The van der Waals surface area contributed by atoms with Gasteiger partial charge in [0.25, 0.3) is 0 Å². The first kappa shape index (κ1) is 12.0. The number of aromatic nitrogens is 3. The van der Waals surface area contributed by atoms with E-state index in [-0.39, 0.29) is 5.54 Å². The van der Waals surface area contributed by atoms with Gasteiger partial charge in [0.05, 0.1) is 5.69 Å². The van der Waals surface area contributed by atoms with Gasteiger partial charge in [-0.05, 0) is 27.7 Å². The lowest BCUT2D eigenvalue weighted by molar-refractivity contribution is 0.633. The first-order valence-electron chi connectivity index (χ1n) is 5.47. The van der Waals surface area contributed by atoms with Crippen LogP contribution in [0.2, 0.25) is 0 Å². The number of hydrogen-bond donors (Lipinski definition) is 1. The first-order chi connectivity index (χ1) is 7.96. The standard InChI is InChI=1S/C12H16N4S/c1-8-10(14-6-5-13-8)9-7-17-11(15-9)16-12(2,3)4/h5-7H,1-4H3,(H,15,16). The molecule has 0 spiro atoms. The lowest BCUT2D eigenvalue weighted by atomic mass is 10.1. The van der Waals surface area contributed by atoms with Gasteiger partial charge in [-0.15, -0.1) is 11.3 Å². The summed E-state index contributed by atoms with van der Waals surface area (Å²) in [7, 11) is 0. The Bertz CT molecular complexity index is 513. The van der Waals surface area contributed by atoms with E-state index in [9.17, 15) is 0 Å². The van der Waals surface area contributed by atoms with Crippen molar-refractivity contribution in [1.82, 2.24) is 15.0 Å². The third-order valence-electron chi connectivity index (χ3n) is 2.11. The summed E-state index contributed by atoms with van der Waals surface area (Å²) in [5.41, 5.74) is 2.66. The second-order valence-corrected chi connectivity index (χ2v) is 5.76. The van der Waals surface area contributed by atoms with Crippen LogP contribution in [-0.2, 0) is 0 Å². The van der Waals surface area contributed by atoms with E-state index >= 15 is 0 Å². The zero-order valence-electron chi connectivity index (χ0n) is 10.5. The summed E-state index contributed by atoms with van der Waals surface area (Å²) >= 11 is 1.59. The summed E-state index contributed by atoms with van der Waals surface area (Å²) in [4.78, 5) is 13.1. The minimum Gasteiger partial charge on any atom is -0.357 e. The average molecular weight is 248 g/mol. The zero-order valence-corrected chi connectivity index (χ0v) is 11.3. The van der Waals surface area contributed by atoms with Crippen molar-refractivity contribution in [1.29, 1.82) is 0 Å². The number of anilines is 1.